The molecule has 0 spiro atoms. The molecule has 0 saturated carbocycles. The van der Waals surface area contributed by atoms with Crippen LogP contribution in [0.2, 0.25) is 0 Å². The van der Waals surface area contributed by atoms with E-state index in [-0.39, 0.29) is 22.4 Å². The average molecular weight is 231 g/mol. The predicted molar refractivity (Wildman–Crippen MR) is 58.2 cm³/mol. The molecule has 2 aromatic carbocycles. The fourth-order valence-electron chi connectivity index (χ4n) is 1.57. The number of hydrogen-bond donors (Lipinski definition) is 1. The SMILES string of the molecule is N#Cc1cccc(-c2cc(O)cc(F)c2)c1F. The van der Waals surface area contributed by atoms with Crippen LogP contribution < -0.4 is 0 Å². The van der Waals surface area contributed by atoms with Gasteiger partial charge in [0.2, 0.25) is 0 Å². The zero-order valence-corrected chi connectivity index (χ0v) is 8.61. The van der Waals surface area contributed by atoms with Gasteiger partial charge in [-0.3, -0.25) is 0 Å². The van der Waals surface area contributed by atoms with Gasteiger partial charge in [0, 0.05) is 11.6 Å². The van der Waals surface area contributed by atoms with Crippen molar-refractivity contribution >= 4 is 0 Å². The van der Waals surface area contributed by atoms with Crippen LogP contribution in [0.25, 0.3) is 11.1 Å². The summed E-state index contributed by atoms with van der Waals surface area (Å²) in [6, 6.07) is 9.22. The van der Waals surface area contributed by atoms with Gasteiger partial charge in [-0.15, -0.1) is 0 Å². The molecule has 0 fully saturated rings. The molecule has 0 unspecified atom stereocenters. The summed E-state index contributed by atoms with van der Waals surface area (Å²) in [6.07, 6.45) is 0. The Balaban J connectivity index is 2.65. The normalized spacial score (nSPS) is 9.94. The zero-order valence-electron chi connectivity index (χ0n) is 8.61. The van der Waals surface area contributed by atoms with Crippen molar-refractivity contribution in [2.75, 3.05) is 0 Å². The number of aromatic hydroxyl groups is 1. The molecule has 4 heteroatoms. The van der Waals surface area contributed by atoms with E-state index in [0.29, 0.717) is 0 Å². The van der Waals surface area contributed by atoms with Crippen LogP contribution in [0.5, 0.6) is 5.75 Å². The first-order valence-electron chi connectivity index (χ1n) is 4.80. The van der Waals surface area contributed by atoms with E-state index in [2.05, 4.69) is 0 Å². The first-order valence-corrected chi connectivity index (χ1v) is 4.80. The molecule has 0 bridgehead atoms. The number of nitriles is 1. The molecule has 0 atom stereocenters. The molecule has 0 heterocycles. The Labute approximate surface area is 96.4 Å². The highest BCUT2D eigenvalue weighted by Crippen LogP contribution is 2.28. The molecule has 1 N–H and O–H groups in total. The van der Waals surface area contributed by atoms with Crippen molar-refractivity contribution in [2.24, 2.45) is 0 Å². The predicted octanol–water partition coefficient (Wildman–Crippen LogP) is 3.21. The summed E-state index contributed by atoms with van der Waals surface area (Å²) in [5.74, 6) is -1.68. The minimum absolute atomic E-state index is 0.0823. The number of hydrogen-bond acceptors (Lipinski definition) is 2. The molecule has 0 aliphatic rings. The van der Waals surface area contributed by atoms with Gasteiger partial charge in [-0.2, -0.15) is 5.26 Å². The summed E-state index contributed by atoms with van der Waals surface area (Å²) in [4.78, 5) is 0. The Hall–Kier alpha value is -2.41. The zero-order chi connectivity index (χ0) is 12.4. The van der Waals surface area contributed by atoms with Crippen molar-refractivity contribution in [1.29, 1.82) is 5.26 Å². The maximum Gasteiger partial charge on any atom is 0.148 e. The maximum absolute atomic E-state index is 13.8. The number of nitrogens with zero attached hydrogens (tertiary/aromatic N) is 1. The fourth-order valence-corrected chi connectivity index (χ4v) is 1.57. The van der Waals surface area contributed by atoms with Gasteiger partial charge in [-0.25, -0.2) is 8.78 Å². The van der Waals surface area contributed by atoms with Gasteiger partial charge < -0.3 is 5.11 Å². The van der Waals surface area contributed by atoms with Gasteiger partial charge in [0.15, 0.2) is 0 Å². The smallest absolute Gasteiger partial charge is 0.148 e. The van der Waals surface area contributed by atoms with Crippen LogP contribution >= 0.6 is 0 Å². The third-order valence-electron chi connectivity index (χ3n) is 2.31. The van der Waals surface area contributed by atoms with Crippen LogP contribution in [0.3, 0.4) is 0 Å². The highest BCUT2D eigenvalue weighted by molar-refractivity contribution is 5.67. The van der Waals surface area contributed by atoms with E-state index in [1.807, 2.05) is 0 Å². The highest BCUT2D eigenvalue weighted by atomic mass is 19.1. The lowest BCUT2D eigenvalue weighted by Crippen LogP contribution is -1.89. The molecule has 0 aromatic heterocycles. The maximum atomic E-state index is 13.8. The molecule has 0 saturated heterocycles. The van der Waals surface area contributed by atoms with Crippen LogP contribution in [0.4, 0.5) is 8.78 Å². The number of phenols is 1. The molecule has 0 aliphatic heterocycles. The standard InChI is InChI=1S/C13H7F2NO/c14-10-4-9(5-11(17)6-10)12-3-1-2-8(7-16)13(12)15/h1-6,17H. The van der Waals surface area contributed by atoms with E-state index in [1.54, 1.807) is 6.07 Å². The van der Waals surface area contributed by atoms with Crippen molar-refractivity contribution in [3.8, 4) is 22.9 Å². The molecular weight excluding hydrogens is 224 g/mol. The van der Waals surface area contributed by atoms with Crippen molar-refractivity contribution < 1.29 is 13.9 Å². The third-order valence-corrected chi connectivity index (χ3v) is 2.31. The van der Waals surface area contributed by atoms with Crippen LogP contribution in [-0.4, -0.2) is 5.11 Å². The van der Waals surface area contributed by atoms with Crippen molar-refractivity contribution in [2.45, 2.75) is 0 Å². The van der Waals surface area contributed by atoms with Crippen LogP contribution in [-0.2, 0) is 0 Å². The molecule has 2 nitrogen and oxygen atoms in total. The lowest BCUT2D eigenvalue weighted by atomic mass is 10.0. The van der Waals surface area contributed by atoms with E-state index >= 15 is 0 Å². The minimum atomic E-state index is -0.722. The monoisotopic (exact) mass is 231 g/mol. The average Bonchev–Trinajstić information content (AvgIpc) is 2.28. The largest absolute Gasteiger partial charge is 0.508 e. The molecule has 2 aromatic rings. The molecule has 84 valence electrons. The molecule has 2 rings (SSSR count). The number of phenolic OH excluding ortho intramolecular Hbond substituents is 1. The molecule has 0 aliphatic carbocycles. The van der Waals surface area contributed by atoms with Crippen LogP contribution in [0, 0.1) is 23.0 Å². The molecule has 0 radical (unpaired) electrons. The quantitative estimate of drug-likeness (QED) is 0.818. The summed E-state index contributed by atoms with van der Waals surface area (Å²) in [5, 5.41) is 17.9. The summed E-state index contributed by atoms with van der Waals surface area (Å²) >= 11 is 0. The lowest BCUT2D eigenvalue weighted by molar-refractivity contribution is 0.469. The van der Waals surface area contributed by atoms with Crippen molar-refractivity contribution in [1.82, 2.24) is 0 Å². The van der Waals surface area contributed by atoms with E-state index in [4.69, 9.17) is 5.26 Å². The second-order valence-corrected chi connectivity index (χ2v) is 3.48. The Morgan fingerprint density at radius 2 is 1.88 bits per heavy atom. The van der Waals surface area contributed by atoms with Crippen molar-refractivity contribution in [3.05, 3.63) is 53.6 Å². The van der Waals surface area contributed by atoms with E-state index in [1.165, 1.54) is 24.3 Å². The minimum Gasteiger partial charge on any atom is -0.508 e. The van der Waals surface area contributed by atoms with E-state index in [9.17, 15) is 13.9 Å². The van der Waals surface area contributed by atoms with Gasteiger partial charge in [-0.1, -0.05) is 12.1 Å². The van der Waals surface area contributed by atoms with Crippen LogP contribution in [0.1, 0.15) is 5.56 Å². The Morgan fingerprint density at radius 3 is 2.53 bits per heavy atom. The van der Waals surface area contributed by atoms with Gasteiger partial charge in [0.1, 0.15) is 23.5 Å². The van der Waals surface area contributed by atoms with Crippen molar-refractivity contribution in [3.63, 3.8) is 0 Å². The number of halogens is 2. The fraction of sp³-hybridized carbons (Fsp3) is 0. The Kier molecular flexibility index (Phi) is 2.75. The van der Waals surface area contributed by atoms with Gasteiger partial charge >= 0.3 is 0 Å². The highest BCUT2D eigenvalue weighted by Gasteiger charge is 2.11. The summed E-state index contributed by atoms with van der Waals surface area (Å²) < 4.78 is 26.9. The van der Waals surface area contributed by atoms with E-state index < -0.39 is 11.6 Å². The topological polar surface area (TPSA) is 44.0 Å². The third kappa shape index (κ3) is 2.08. The molecule has 0 amide bonds. The Bertz CT molecular complexity index is 597. The lowest BCUT2D eigenvalue weighted by Gasteiger charge is -2.05. The summed E-state index contributed by atoms with van der Waals surface area (Å²) in [6.45, 7) is 0. The second kappa shape index (κ2) is 4.22. The number of rotatable bonds is 1. The van der Waals surface area contributed by atoms with Gasteiger partial charge in [0.05, 0.1) is 5.56 Å². The van der Waals surface area contributed by atoms with E-state index in [0.717, 1.165) is 12.1 Å². The van der Waals surface area contributed by atoms with Gasteiger partial charge in [0.25, 0.3) is 0 Å². The molecular formula is C13H7F2NO. The second-order valence-electron chi connectivity index (χ2n) is 3.48. The van der Waals surface area contributed by atoms with Crippen LogP contribution in [0.15, 0.2) is 36.4 Å². The van der Waals surface area contributed by atoms with Gasteiger partial charge in [-0.05, 0) is 23.8 Å². The number of benzene rings is 2. The summed E-state index contributed by atoms with van der Waals surface area (Å²) in [5.41, 5.74) is 0.155. The molecule has 17 heavy (non-hydrogen) atoms. The first-order chi connectivity index (χ1) is 8.11. The first kappa shape index (κ1) is 11.1. The Morgan fingerprint density at radius 1 is 1.12 bits per heavy atom. The summed E-state index contributed by atoms with van der Waals surface area (Å²) in [7, 11) is 0.